The van der Waals surface area contributed by atoms with E-state index < -0.39 is 12.1 Å². The van der Waals surface area contributed by atoms with E-state index in [-0.39, 0.29) is 19.1 Å². The molecule has 2 aromatic rings. The van der Waals surface area contributed by atoms with Gasteiger partial charge < -0.3 is 19.7 Å². The molecular weight excluding hydrogens is 340 g/mol. The zero-order valence-electron chi connectivity index (χ0n) is 11.0. The molecule has 2 heterocycles. The van der Waals surface area contributed by atoms with Crippen molar-refractivity contribution in [2.45, 2.75) is 6.10 Å². The summed E-state index contributed by atoms with van der Waals surface area (Å²) < 4.78 is 5.96. The third-order valence-electron chi connectivity index (χ3n) is 3.51. The molecule has 1 saturated heterocycles. The summed E-state index contributed by atoms with van der Waals surface area (Å²) in [5, 5.41) is 9.81. The van der Waals surface area contributed by atoms with Gasteiger partial charge in [-0.15, -0.1) is 0 Å². The van der Waals surface area contributed by atoms with Crippen molar-refractivity contribution < 1.29 is 19.4 Å². The minimum atomic E-state index is -1.05. The molecule has 0 bridgehead atoms. The third-order valence-corrected chi connectivity index (χ3v) is 4.18. The fourth-order valence-corrected chi connectivity index (χ4v) is 3.04. The number of morpholine rings is 1. The second-order valence-electron chi connectivity index (χ2n) is 4.81. The number of benzene rings is 1. The number of aliphatic carboxylic acids is 1. The summed E-state index contributed by atoms with van der Waals surface area (Å²) in [4.78, 5) is 28.2. The average Bonchev–Trinajstić information content (AvgIpc) is 2.92. The number of halogens is 1. The Hall–Kier alpha value is -1.86. The van der Waals surface area contributed by atoms with E-state index in [1.165, 1.54) is 4.90 Å². The van der Waals surface area contributed by atoms with Crippen molar-refractivity contribution in [3.8, 4) is 0 Å². The first kappa shape index (κ1) is 14.1. The van der Waals surface area contributed by atoms with Crippen LogP contribution in [0.4, 0.5) is 0 Å². The number of carbonyl (C=O) groups excluding carboxylic acids is 1. The topological polar surface area (TPSA) is 82.6 Å². The van der Waals surface area contributed by atoms with Crippen LogP contribution in [0.3, 0.4) is 0 Å². The molecule has 1 aromatic carbocycles. The third kappa shape index (κ3) is 2.54. The van der Waals surface area contributed by atoms with Crippen LogP contribution in [0.25, 0.3) is 10.9 Å². The van der Waals surface area contributed by atoms with Crippen molar-refractivity contribution in [1.82, 2.24) is 9.88 Å². The van der Waals surface area contributed by atoms with Crippen LogP contribution in [0.5, 0.6) is 0 Å². The maximum Gasteiger partial charge on any atom is 0.334 e. The van der Waals surface area contributed by atoms with Gasteiger partial charge in [-0.2, -0.15) is 0 Å². The smallest absolute Gasteiger partial charge is 0.334 e. The molecule has 1 amide bonds. The maximum atomic E-state index is 12.6. The van der Waals surface area contributed by atoms with E-state index in [1.54, 1.807) is 6.20 Å². The van der Waals surface area contributed by atoms with E-state index in [4.69, 9.17) is 9.84 Å². The van der Waals surface area contributed by atoms with Gasteiger partial charge >= 0.3 is 5.97 Å². The molecule has 1 aromatic heterocycles. The Kier molecular flexibility index (Phi) is 3.69. The average molecular weight is 353 g/mol. The van der Waals surface area contributed by atoms with Crippen LogP contribution < -0.4 is 0 Å². The molecule has 3 rings (SSSR count). The van der Waals surface area contributed by atoms with Gasteiger partial charge in [0.2, 0.25) is 0 Å². The lowest BCUT2D eigenvalue weighted by Crippen LogP contribution is -2.48. The van der Waals surface area contributed by atoms with Crippen molar-refractivity contribution >= 4 is 38.7 Å². The van der Waals surface area contributed by atoms with Gasteiger partial charge in [0, 0.05) is 28.1 Å². The molecule has 110 valence electrons. The highest BCUT2D eigenvalue weighted by Crippen LogP contribution is 2.28. The van der Waals surface area contributed by atoms with Crippen LogP contribution in [-0.2, 0) is 9.53 Å². The largest absolute Gasteiger partial charge is 0.479 e. The molecule has 2 N–H and O–H groups in total. The molecule has 1 aliphatic rings. The summed E-state index contributed by atoms with van der Waals surface area (Å²) in [6, 6.07) is 5.63. The summed E-state index contributed by atoms with van der Waals surface area (Å²) in [7, 11) is 0. The number of amides is 1. The van der Waals surface area contributed by atoms with Crippen LogP contribution in [-0.4, -0.2) is 52.7 Å². The Balaban J connectivity index is 1.92. The lowest BCUT2D eigenvalue weighted by molar-refractivity contribution is -0.154. The quantitative estimate of drug-likeness (QED) is 0.863. The number of carbonyl (C=O) groups is 2. The number of aromatic amines is 1. The van der Waals surface area contributed by atoms with Gasteiger partial charge in [-0.3, -0.25) is 4.79 Å². The molecule has 0 spiro atoms. The van der Waals surface area contributed by atoms with Gasteiger partial charge in [0.05, 0.1) is 18.7 Å². The second kappa shape index (κ2) is 5.50. The van der Waals surface area contributed by atoms with E-state index in [2.05, 4.69) is 20.9 Å². The van der Waals surface area contributed by atoms with Crippen molar-refractivity contribution in [2.24, 2.45) is 0 Å². The summed E-state index contributed by atoms with van der Waals surface area (Å²) in [6.45, 7) is 0.678. The predicted molar refractivity (Wildman–Crippen MR) is 79.3 cm³/mol. The van der Waals surface area contributed by atoms with Gasteiger partial charge in [0.1, 0.15) is 0 Å². The first-order valence-corrected chi connectivity index (χ1v) is 7.26. The van der Waals surface area contributed by atoms with E-state index in [0.29, 0.717) is 12.1 Å². The highest BCUT2D eigenvalue weighted by molar-refractivity contribution is 9.10. The molecule has 21 heavy (non-hydrogen) atoms. The van der Waals surface area contributed by atoms with Crippen molar-refractivity contribution in [1.29, 1.82) is 0 Å². The first-order valence-electron chi connectivity index (χ1n) is 6.47. The Morgan fingerprint density at radius 3 is 3.00 bits per heavy atom. The number of ether oxygens (including phenoxy) is 1. The molecule has 1 aliphatic heterocycles. The molecular formula is C14H13BrN2O4. The molecule has 7 heteroatoms. The van der Waals surface area contributed by atoms with E-state index in [0.717, 1.165) is 15.4 Å². The zero-order chi connectivity index (χ0) is 15.0. The Morgan fingerprint density at radius 1 is 1.43 bits per heavy atom. The molecule has 0 aliphatic carbocycles. The lowest BCUT2D eigenvalue weighted by Gasteiger charge is -2.30. The number of rotatable bonds is 2. The Labute approximate surface area is 128 Å². The normalized spacial score (nSPS) is 18.9. The predicted octanol–water partition coefficient (Wildman–Crippen LogP) is 1.86. The number of hydrogen-bond acceptors (Lipinski definition) is 3. The maximum absolute atomic E-state index is 12.6. The van der Waals surface area contributed by atoms with Crippen LogP contribution in [0, 0.1) is 0 Å². The SMILES string of the molecule is O=C(O)C1CN(C(=O)c2c[nH]c3cccc(Br)c23)CCO1. The van der Waals surface area contributed by atoms with E-state index in [9.17, 15) is 9.59 Å². The van der Waals surface area contributed by atoms with Gasteiger partial charge in [-0.05, 0) is 12.1 Å². The van der Waals surface area contributed by atoms with E-state index >= 15 is 0 Å². The molecule has 0 radical (unpaired) electrons. The lowest BCUT2D eigenvalue weighted by atomic mass is 10.1. The van der Waals surface area contributed by atoms with Crippen LogP contribution in [0.2, 0.25) is 0 Å². The minimum absolute atomic E-state index is 0.0608. The second-order valence-corrected chi connectivity index (χ2v) is 5.67. The fraction of sp³-hybridized carbons (Fsp3) is 0.286. The molecule has 0 saturated carbocycles. The van der Waals surface area contributed by atoms with Crippen molar-refractivity contribution in [3.63, 3.8) is 0 Å². The van der Waals surface area contributed by atoms with E-state index in [1.807, 2.05) is 18.2 Å². The zero-order valence-corrected chi connectivity index (χ0v) is 12.6. The number of carboxylic acids is 1. The molecule has 6 nitrogen and oxygen atoms in total. The number of fused-ring (bicyclic) bond motifs is 1. The molecule has 1 atom stereocenters. The summed E-state index contributed by atoms with van der Waals surface area (Å²) in [5.74, 6) is -1.24. The molecule has 1 unspecified atom stereocenters. The minimum Gasteiger partial charge on any atom is -0.479 e. The summed E-state index contributed by atoms with van der Waals surface area (Å²) in [5.41, 5.74) is 1.39. The number of hydrogen-bond donors (Lipinski definition) is 2. The molecule has 1 fully saturated rings. The van der Waals surface area contributed by atoms with Crippen LogP contribution in [0.15, 0.2) is 28.9 Å². The number of carboxylic acid groups (broad SMARTS) is 1. The number of nitrogens with zero attached hydrogens (tertiary/aromatic N) is 1. The van der Waals surface area contributed by atoms with Gasteiger partial charge in [-0.25, -0.2) is 4.79 Å². The van der Waals surface area contributed by atoms with Crippen LogP contribution in [0.1, 0.15) is 10.4 Å². The Morgan fingerprint density at radius 2 is 2.24 bits per heavy atom. The van der Waals surface area contributed by atoms with Gasteiger partial charge in [-0.1, -0.05) is 22.0 Å². The number of H-pyrrole nitrogens is 1. The van der Waals surface area contributed by atoms with Gasteiger partial charge in [0.15, 0.2) is 6.10 Å². The van der Waals surface area contributed by atoms with Crippen molar-refractivity contribution in [2.75, 3.05) is 19.7 Å². The fourth-order valence-electron chi connectivity index (χ4n) is 2.46. The van der Waals surface area contributed by atoms with Gasteiger partial charge in [0.25, 0.3) is 5.91 Å². The highest BCUT2D eigenvalue weighted by atomic mass is 79.9. The van der Waals surface area contributed by atoms with Crippen molar-refractivity contribution in [3.05, 3.63) is 34.4 Å². The summed E-state index contributed by atoms with van der Waals surface area (Å²) in [6.07, 6.45) is 0.694. The first-order chi connectivity index (χ1) is 10.1. The standard InChI is InChI=1S/C14H13BrN2O4/c15-9-2-1-3-10-12(9)8(6-16-10)13(18)17-4-5-21-11(7-17)14(19)20/h1-3,6,11,16H,4-5,7H2,(H,19,20). The number of aromatic nitrogens is 1. The highest BCUT2D eigenvalue weighted by Gasteiger charge is 2.30. The Bertz CT molecular complexity index is 712. The summed E-state index contributed by atoms with van der Waals surface area (Å²) >= 11 is 3.44. The number of nitrogens with one attached hydrogen (secondary N) is 1. The van der Waals surface area contributed by atoms with Crippen LogP contribution >= 0.6 is 15.9 Å². The monoisotopic (exact) mass is 352 g/mol.